The number of aliphatic hydroxyl groups is 1. The number of H-pyrrole nitrogens is 1. The predicted octanol–water partition coefficient (Wildman–Crippen LogP) is 3.71. The number of hydrogen-bond donors (Lipinski definition) is 2. The molecule has 1 aromatic heterocycles. The molecule has 164 valence electrons. The fraction of sp³-hybridized carbons (Fsp3) is 0.609. The van der Waals surface area contributed by atoms with Crippen molar-refractivity contribution in [2.24, 2.45) is 17.8 Å². The van der Waals surface area contributed by atoms with E-state index in [1.807, 2.05) is 17.1 Å². The Morgan fingerprint density at radius 2 is 2.07 bits per heavy atom. The van der Waals surface area contributed by atoms with Gasteiger partial charge < -0.3 is 19.6 Å². The number of aliphatic hydroxyl groups excluding tert-OH is 1. The first-order valence-electron chi connectivity index (χ1n) is 10.7. The number of piperidine rings is 1. The summed E-state index contributed by atoms with van der Waals surface area (Å²) < 4.78 is 10.7. The Labute approximate surface area is 191 Å². The van der Waals surface area contributed by atoms with Crippen LogP contribution >= 0.6 is 22.6 Å². The lowest BCUT2D eigenvalue weighted by Crippen LogP contribution is -2.53. The number of esters is 1. The van der Waals surface area contributed by atoms with E-state index in [1.54, 1.807) is 7.11 Å². The summed E-state index contributed by atoms with van der Waals surface area (Å²) in [5.74, 6) is 0.860. The molecule has 1 aliphatic carbocycles. The Bertz CT molecular complexity index is 914. The molecule has 3 heterocycles. The van der Waals surface area contributed by atoms with Crippen molar-refractivity contribution in [2.45, 2.75) is 37.8 Å². The maximum Gasteiger partial charge on any atom is 0.311 e. The summed E-state index contributed by atoms with van der Waals surface area (Å²) in [6.45, 7) is 2.01. The van der Waals surface area contributed by atoms with Gasteiger partial charge in [0.2, 0.25) is 0 Å². The molecule has 5 atom stereocenters. The number of carbonyl (C=O) groups excluding carboxylic acids is 1. The molecular formula is C23H31IN2O4. The Morgan fingerprint density at radius 3 is 2.80 bits per heavy atom. The van der Waals surface area contributed by atoms with Crippen molar-refractivity contribution in [2.75, 3.05) is 32.2 Å². The molecule has 2 aromatic rings. The van der Waals surface area contributed by atoms with E-state index in [-0.39, 0.29) is 17.9 Å². The highest BCUT2D eigenvalue weighted by atomic mass is 127. The summed E-state index contributed by atoms with van der Waals surface area (Å²) in [4.78, 5) is 20.6. The van der Waals surface area contributed by atoms with E-state index < -0.39 is 12.0 Å². The third-order valence-corrected chi connectivity index (χ3v) is 7.32. The quantitative estimate of drug-likeness (QED) is 0.355. The number of aromatic amines is 1. The number of carbonyl (C=O) groups is 1. The SMILES string of the molecule is CI.COC(=O)[C@H]1[C@H]2C[C@@H]3c4[nH]c5cccc(OC)c5c4CCN3C[C@H]2CC[C@H]1O. The molecule has 7 heteroatoms. The largest absolute Gasteiger partial charge is 0.496 e. The van der Waals surface area contributed by atoms with Gasteiger partial charge in [0.25, 0.3) is 0 Å². The zero-order chi connectivity index (χ0) is 21.4. The van der Waals surface area contributed by atoms with Crippen LogP contribution in [0.1, 0.15) is 36.6 Å². The fourth-order valence-electron chi connectivity index (χ4n) is 6.04. The minimum absolute atomic E-state index is 0.164. The zero-order valence-corrected chi connectivity index (χ0v) is 20.0. The highest BCUT2D eigenvalue weighted by Gasteiger charge is 2.49. The summed E-state index contributed by atoms with van der Waals surface area (Å²) in [5.41, 5.74) is 3.72. The number of rotatable bonds is 2. The van der Waals surface area contributed by atoms with E-state index in [4.69, 9.17) is 9.47 Å². The van der Waals surface area contributed by atoms with E-state index in [2.05, 4.69) is 38.5 Å². The molecule has 1 aromatic carbocycles. The van der Waals surface area contributed by atoms with E-state index in [9.17, 15) is 9.90 Å². The number of hydrogen-bond acceptors (Lipinski definition) is 5. The second kappa shape index (κ2) is 9.04. The summed E-state index contributed by atoms with van der Waals surface area (Å²) >= 11 is 2.15. The van der Waals surface area contributed by atoms with E-state index >= 15 is 0 Å². The van der Waals surface area contributed by atoms with Crippen molar-refractivity contribution in [3.8, 4) is 5.75 Å². The second-order valence-electron chi connectivity index (χ2n) is 8.51. The Kier molecular flexibility index (Phi) is 6.60. The topological polar surface area (TPSA) is 74.8 Å². The lowest BCUT2D eigenvalue weighted by molar-refractivity contribution is -0.160. The number of benzene rings is 1. The van der Waals surface area contributed by atoms with Crippen LogP contribution in [0.25, 0.3) is 10.9 Å². The van der Waals surface area contributed by atoms with Gasteiger partial charge in [0.15, 0.2) is 0 Å². The van der Waals surface area contributed by atoms with Crippen LogP contribution in [-0.2, 0) is 16.0 Å². The first-order valence-corrected chi connectivity index (χ1v) is 12.8. The molecule has 30 heavy (non-hydrogen) atoms. The average molecular weight is 526 g/mol. The first kappa shape index (κ1) is 21.9. The number of fused-ring (bicyclic) bond motifs is 6. The molecule has 1 saturated heterocycles. The summed E-state index contributed by atoms with van der Waals surface area (Å²) in [5, 5.41) is 11.7. The Balaban J connectivity index is 0.00000106. The molecule has 0 radical (unpaired) electrons. The molecule has 0 spiro atoms. The minimum Gasteiger partial charge on any atom is -0.496 e. The van der Waals surface area contributed by atoms with Crippen LogP contribution in [0, 0.1) is 17.8 Å². The third kappa shape index (κ3) is 3.52. The van der Waals surface area contributed by atoms with Crippen LogP contribution < -0.4 is 4.74 Å². The van der Waals surface area contributed by atoms with Crippen molar-refractivity contribution in [3.63, 3.8) is 0 Å². The number of halogens is 1. The molecule has 3 aliphatic rings. The molecule has 2 N–H and O–H groups in total. The molecule has 2 fully saturated rings. The summed E-state index contributed by atoms with van der Waals surface area (Å²) in [6.07, 6.45) is 2.96. The van der Waals surface area contributed by atoms with Gasteiger partial charge in [-0.05, 0) is 60.1 Å². The van der Waals surface area contributed by atoms with Crippen LogP contribution in [0.15, 0.2) is 18.2 Å². The minimum atomic E-state index is -0.592. The maximum atomic E-state index is 12.4. The van der Waals surface area contributed by atoms with Gasteiger partial charge >= 0.3 is 5.97 Å². The van der Waals surface area contributed by atoms with Gasteiger partial charge in [-0.2, -0.15) is 0 Å². The zero-order valence-electron chi connectivity index (χ0n) is 17.9. The molecule has 5 rings (SSSR count). The monoisotopic (exact) mass is 526 g/mol. The van der Waals surface area contributed by atoms with Crippen molar-refractivity contribution >= 4 is 39.5 Å². The van der Waals surface area contributed by atoms with Crippen molar-refractivity contribution in [3.05, 3.63) is 29.5 Å². The lowest BCUT2D eigenvalue weighted by Gasteiger charge is -2.50. The first-order chi connectivity index (χ1) is 14.6. The summed E-state index contributed by atoms with van der Waals surface area (Å²) in [7, 11) is 3.15. The molecule has 2 aliphatic heterocycles. The Hall–Kier alpha value is -1.32. The molecule has 1 saturated carbocycles. The highest BCUT2D eigenvalue weighted by Crippen LogP contribution is 2.50. The number of alkyl halides is 1. The fourth-order valence-corrected chi connectivity index (χ4v) is 6.04. The van der Waals surface area contributed by atoms with Gasteiger partial charge in [-0.25, -0.2) is 0 Å². The Morgan fingerprint density at radius 1 is 1.27 bits per heavy atom. The van der Waals surface area contributed by atoms with E-state index in [0.717, 1.165) is 43.6 Å². The molecule has 6 nitrogen and oxygen atoms in total. The normalized spacial score (nSPS) is 30.4. The van der Waals surface area contributed by atoms with Crippen molar-refractivity contribution < 1.29 is 19.4 Å². The number of aromatic nitrogens is 1. The number of ether oxygens (including phenoxy) is 2. The van der Waals surface area contributed by atoms with Crippen molar-refractivity contribution in [1.82, 2.24) is 9.88 Å². The summed E-state index contributed by atoms with van der Waals surface area (Å²) in [6, 6.07) is 6.39. The van der Waals surface area contributed by atoms with Crippen LogP contribution in [-0.4, -0.2) is 59.3 Å². The van der Waals surface area contributed by atoms with Crippen LogP contribution in [0.4, 0.5) is 0 Å². The smallest absolute Gasteiger partial charge is 0.311 e. The molecular weight excluding hydrogens is 495 g/mol. The van der Waals surface area contributed by atoms with Gasteiger partial charge in [0.05, 0.1) is 32.3 Å². The van der Waals surface area contributed by atoms with Crippen LogP contribution in [0.2, 0.25) is 0 Å². The number of nitrogens with zero attached hydrogens (tertiary/aromatic N) is 1. The second-order valence-corrected chi connectivity index (χ2v) is 8.51. The van der Waals surface area contributed by atoms with Gasteiger partial charge in [0, 0.05) is 29.7 Å². The van der Waals surface area contributed by atoms with Crippen LogP contribution in [0.5, 0.6) is 5.75 Å². The third-order valence-electron chi connectivity index (χ3n) is 7.32. The van der Waals surface area contributed by atoms with E-state index in [0.29, 0.717) is 12.3 Å². The maximum absolute atomic E-state index is 12.4. The van der Waals surface area contributed by atoms with E-state index in [1.165, 1.54) is 23.8 Å². The average Bonchev–Trinajstić information content (AvgIpc) is 3.18. The molecule has 0 amide bonds. The van der Waals surface area contributed by atoms with Gasteiger partial charge in [-0.1, -0.05) is 28.7 Å². The molecule has 0 unspecified atom stereocenters. The van der Waals surface area contributed by atoms with Gasteiger partial charge in [-0.15, -0.1) is 0 Å². The van der Waals surface area contributed by atoms with Gasteiger partial charge in [-0.3, -0.25) is 9.69 Å². The highest BCUT2D eigenvalue weighted by molar-refractivity contribution is 14.1. The van der Waals surface area contributed by atoms with Crippen LogP contribution in [0.3, 0.4) is 0 Å². The lowest BCUT2D eigenvalue weighted by atomic mass is 9.65. The van der Waals surface area contributed by atoms with Crippen molar-refractivity contribution in [1.29, 1.82) is 0 Å². The number of nitrogens with one attached hydrogen (secondary N) is 1. The number of methoxy groups -OCH3 is 2. The van der Waals surface area contributed by atoms with Gasteiger partial charge in [0.1, 0.15) is 5.75 Å². The standard InChI is InChI=1S/C22H28N2O4.CH3I/c1-27-18-5-3-4-15-19(18)13-8-9-24-11-12-6-7-17(25)20(22(26)28-2)14(12)10-16(24)21(13)23-15;1-2/h3-5,12,14,16-17,20,23,25H,6-11H2,1-2H3;1H3/t12-,14+,16-,17-,20+;/m1./s1. The predicted molar refractivity (Wildman–Crippen MR) is 125 cm³/mol. The molecule has 0 bridgehead atoms.